The van der Waals surface area contributed by atoms with Crippen LogP contribution in [-0.2, 0) is 10.0 Å². The fraction of sp³-hybridized carbons (Fsp3) is 0.571. The second-order valence-corrected chi connectivity index (χ2v) is 9.81. The van der Waals surface area contributed by atoms with Gasteiger partial charge >= 0.3 is 0 Å². The molecule has 2 aromatic rings. The summed E-state index contributed by atoms with van der Waals surface area (Å²) in [5.41, 5.74) is 1.46. The van der Waals surface area contributed by atoms with E-state index in [9.17, 15) is 8.42 Å². The summed E-state index contributed by atoms with van der Waals surface area (Å²) in [5.74, 6) is 1.54. The highest BCUT2D eigenvalue weighted by Gasteiger charge is 2.33. The molecule has 2 aliphatic rings. The molecule has 6 nitrogen and oxygen atoms in total. The molecule has 0 saturated carbocycles. The van der Waals surface area contributed by atoms with E-state index in [1.165, 1.54) is 19.3 Å². The van der Waals surface area contributed by atoms with Gasteiger partial charge in [-0.1, -0.05) is 18.6 Å². The molecular formula is C21H29N3O3S. The van der Waals surface area contributed by atoms with Gasteiger partial charge in [0.25, 0.3) is 0 Å². The molecular weight excluding hydrogens is 374 g/mol. The average molecular weight is 404 g/mol. The largest absolute Gasteiger partial charge is 0.441 e. The van der Waals surface area contributed by atoms with Crippen molar-refractivity contribution in [2.75, 3.05) is 19.6 Å². The number of aromatic nitrogens is 1. The van der Waals surface area contributed by atoms with Crippen LogP contribution < -0.4 is 4.72 Å². The molecule has 2 saturated heterocycles. The van der Waals surface area contributed by atoms with E-state index in [1.807, 2.05) is 19.1 Å². The van der Waals surface area contributed by atoms with Crippen LogP contribution in [0.2, 0.25) is 0 Å². The normalized spacial score (nSPS) is 23.5. The van der Waals surface area contributed by atoms with Crippen LogP contribution in [-0.4, -0.2) is 44.0 Å². The summed E-state index contributed by atoms with van der Waals surface area (Å²) in [6, 6.07) is 5.90. The Morgan fingerprint density at radius 1 is 1.18 bits per heavy atom. The van der Waals surface area contributed by atoms with E-state index in [0.29, 0.717) is 35.1 Å². The molecule has 2 fully saturated rings. The highest BCUT2D eigenvalue weighted by Crippen LogP contribution is 2.31. The van der Waals surface area contributed by atoms with Gasteiger partial charge in [0, 0.05) is 25.1 Å². The second kappa shape index (κ2) is 7.97. The molecule has 152 valence electrons. The Bertz CT molecular complexity index is 936. The van der Waals surface area contributed by atoms with Gasteiger partial charge in [-0.2, -0.15) is 0 Å². The first kappa shape index (κ1) is 19.6. The Labute approximate surface area is 167 Å². The summed E-state index contributed by atoms with van der Waals surface area (Å²) in [7, 11) is -3.58. The number of hydrogen-bond donors (Lipinski definition) is 1. The molecule has 1 N–H and O–H groups in total. The van der Waals surface area contributed by atoms with Crippen LogP contribution in [0, 0.1) is 19.8 Å². The summed E-state index contributed by atoms with van der Waals surface area (Å²) in [6.45, 7) is 6.43. The van der Waals surface area contributed by atoms with Crippen LogP contribution in [0.1, 0.15) is 43.6 Å². The van der Waals surface area contributed by atoms with E-state index < -0.39 is 10.0 Å². The molecule has 2 aliphatic heterocycles. The van der Waals surface area contributed by atoms with Gasteiger partial charge in [-0.25, -0.2) is 18.1 Å². The van der Waals surface area contributed by atoms with Crippen LogP contribution in [0.3, 0.4) is 0 Å². The van der Waals surface area contributed by atoms with Crippen molar-refractivity contribution in [1.29, 1.82) is 0 Å². The van der Waals surface area contributed by atoms with Gasteiger partial charge in [0.2, 0.25) is 10.0 Å². The number of piperidine rings is 2. The van der Waals surface area contributed by atoms with Gasteiger partial charge in [0.15, 0.2) is 11.7 Å². The first-order valence-corrected chi connectivity index (χ1v) is 11.7. The van der Waals surface area contributed by atoms with Crippen molar-refractivity contribution in [3.05, 3.63) is 35.9 Å². The molecule has 1 aromatic carbocycles. The van der Waals surface area contributed by atoms with Crippen molar-refractivity contribution >= 4 is 10.0 Å². The third kappa shape index (κ3) is 4.02. The summed E-state index contributed by atoms with van der Waals surface area (Å²) < 4.78 is 34.6. The maximum absolute atomic E-state index is 13.1. The number of fused-ring (bicyclic) bond motifs is 1. The van der Waals surface area contributed by atoms with E-state index in [4.69, 9.17) is 4.42 Å². The lowest BCUT2D eigenvalue weighted by Crippen LogP contribution is -2.50. The number of nitrogens with one attached hydrogen (secondary N) is 1. The van der Waals surface area contributed by atoms with Crippen LogP contribution in [0.4, 0.5) is 0 Å². The van der Waals surface area contributed by atoms with Gasteiger partial charge in [0.05, 0.1) is 11.1 Å². The monoisotopic (exact) mass is 403 g/mol. The van der Waals surface area contributed by atoms with Crippen molar-refractivity contribution in [3.8, 4) is 11.3 Å². The average Bonchev–Trinajstić information content (AvgIpc) is 3.13. The van der Waals surface area contributed by atoms with E-state index >= 15 is 0 Å². The molecule has 0 aliphatic carbocycles. The quantitative estimate of drug-likeness (QED) is 0.827. The van der Waals surface area contributed by atoms with E-state index in [2.05, 4.69) is 14.6 Å². The first-order chi connectivity index (χ1) is 13.4. The highest BCUT2D eigenvalue weighted by molar-refractivity contribution is 7.89. The first-order valence-electron chi connectivity index (χ1n) is 10.2. The summed E-state index contributed by atoms with van der Waals surface area (Å²) >= 11 is 0. The van der Waals surface area contributed by atoms with E-state index in [1.54, 1.807) is 19.2 Å². The van der Waals surface area contributed by atoms with Crippen molar-refractivity contribution in [2.45, 2.75) is 56.9 Å². The van der Waals surface area contributed by atoms with Gasteiger partial charge < -0.3 is 9.32 Å². The van der Waals surface area contributed by atoms with Crippen LogP contribution in [0.5, 0.6) is 0 Å². The predicted molar refractivity (Wildman–Crippen MR) is 109 cm³/mol. The standard InChI is InChI=1S/C21H29N3O3S/c1-15-8-9-17(20-14-22-16(2)27-20)12-21(15)28(25,26)23-13-18-6-5-11-24-10-4-3-7-19(18)24/h8-9,12,14,18-19,23H,3-7,10-11,13H2,1-2H3/t18-,19+/m0/s1. The smallest absolute Gasteiger partial charge is 0.240 e. The minimum absolute atomic E-state index is 0.315. The SMILES string of the molecule is Cc1ncc(-c2ccc(C)c(S(=O)(=O)NC[C@@H]3CCCN4CCCC[C@H]34)c2)o1. The molecule has 28 heavy (non-hydrogen) atoms. The van der Waals surface area contributed by atoms with Crippen molar-refractivity contribution < 1.29 is 12.8 Å². The minimum atomic E-state index is -3.58. The topological polar surface area (TPSA) is 75.4 Å². The molecule has 0 unspecified atom stereocenters. The van der Waals surface area contributed by atoms with Crippen molar-refractivity contribution in [1.82, 2.24) is 14.6 Å². The summed E-state index contributed by atoms with van der Waals surface area (Å²) in [5, 5.41) is 0. The molecule has 0 spiro atoms. The zero-order valence-electron chi connectivity index (χ0n) is 16.6. The summed E-state index contributed by atoms with van der Waals surface area (Å²) in [6.07, 6.45) is 7.59. The van der Waals surface area contributed by atoms with Gasteiger partial charge in [-0.05, 0) is 63.2 Å². The molecule has 0 radical (unpaired) electrons. The maximum Gasteiger partial charge on any atom is 0.240 e. The lowest BCUT2D eigenvalue weighted by atomic mass is 9.84. The van der Waals surface area contributed by atoms with Gasteiger partial charge in [-0.3, -0.25) is 0 Å². The molecule has 0 amide bonds. The highest BCUT2D eigenvalue weighted by atomic mass is 32.2. The van der Waals surface area contributed by atoms with E-state index in [0.717, 1.165) is 37.1 Å². The number of benzene rings is 1. The Hall–Kier alpha value is -1.70. The Kier molecular flexibility index (Phi) is 5.58. The Morgan fingerprint density at radius 3 is 2.79 bits per heavy atom. The van der Waals surface area contributed by atoms with Gasteiger partial charge in [0.1, 0.15) is 0 Å². The molecule has 0 bridgehead atoms. The fourth-order valence-corrected chi connectivity index (χ4v) is 6.01. The number of hydrogen-bond acceptors (Lipinski definition) is 5. The van der Waals surface area contributed by atoms with Gasteiger partial charge in [-0.15, -0.1) is 0 Å². The maximum atomic E-state index is 13.1. The number of nitrogens with zero attached hydrogens (tertiary/aromatic N) is 2. The lowest BCUT2D eigenvalue weighted by molar-refractivity contribution is 0.0617. The molecule has 1 aromatic heterocycles. The van der Waals surface area contributed by atoms with Crippen LogP contribution >= 0.6 is 0 Å². The molecule has 7 heteroatoms. The fourth-order valence-electron chi connectivity index (χ4n) is 4.65. The third-order valence-electron chi connectivity index (χ3n) is 6.15. The van der Waals surface area contributed by atoms with Crippen molar-refractivity contribution in [2.24, 2.45) is 5.92 Å². The second-order valence-electron chi connectivity index (χ2n) is 8.08. The Balaban J connectivity index is 1.52. The predicted octanol–water partition coefficient (Wildman–Crippen LogP) is 3.50. The van der Waals surface area contributed by atoms with E-state index in [-0.39, 0.29) is 0 Å². The Morgan fingerprint density at radius 2 is 2.00 bits per heavy atom. The number of rotatable bonds is 5. The number of sulfonamides is 1. The minimum Gasteiger partial charge on any atom is -0.441 e. The number of aryl methyl sites for hydroxylation is 2. The third-order valence-corrected chi connectivity index (χ3v) is 7.71. The zero-order valence-corrected chi connectivity index (χ0v) is 17.5. The molecule has 2 atom stereocenters. The zero-order chi connectivity index (χ0) is 19.7. The summed E-state index contributed by atoms with van der Waals surface area (Å²) in [4.78, 5) is 6.98. The molecule has 3 heterocycles. The molecule has 4 rings (SSSR count). The van der Waals surface area contributed by atoms with Crippen molar-refractivity contribution in [3.63, 3.8) is 0 Å². The number of oxazole rings is 1. The van der Waals surface area contributed by atoms with Crippen LogP contribution in [0.15, 0.2) is 33.7 Å². The van der Waals surface area contributed by atoms with Crippen LogP contribution in [0.25, 0.3) is 11.3 Å². The lowest BCUT2D eigenvalue weighted by Gasteiger charge is -2.44.